The number of carboxylic acid groups (broad SMARTS) is 1. The Bertz CT molecular complexity index is 438. The Morgan fingerprint density at radius 2 is 2.08 bits per heavy atom. The zero-order chi connectivity index (χ0) is 8.55. The van der Waals surface area contributed by atoms with E-state index in [-0.39, 0.29) is 35.3 Å². The second-order valence-corrected chi connectivity index (χ2v) is 2.42. The van der Waals surface area contributed by atoms with Crippen LogP contribution in [-0.4, -0.2) is 50.8 Å². The van der Waals surface area contributed by atoms with Gasteiger partial charge in [0.1, 0.15) is 0 Å². The molecule has 0 spiro atoms. The van der Waals surface area contributed by atoms with Gasteiger partial charge >= 0.3 is 35.5 Å². The Hall–Kier alpha value is -0.840. The standard InChI is InChI=1S/C8H6N2O2.Na.H/c11-8(12)7-5-3-1-2-4-6(5)9-10-7;;/h1-4H,(H,9,10)(H,11,12);;. The third-order valence-electron chi connectivity index (χ3n) is 1.67. The van der Waals surface area contributed by atoms with Crippen LogP contribution >= 0.6 is 0 Å². The number of hydrogen-bond acceptors (Lipinski definition) is 2. The van der Waals surface area contributed by atoms with Gasteiger partial charge in [0.2, 0.25) is 0 Å². The van der Waals surface area contributed by atoms with Crippen LogP contribution in [0.4, 0.5) is 0 Å². The Labute approximate surface area is 96.2 Å². The molecule has 2 aromatic rings. The van der Waals surface area contributed by atoms with Crippen LogP contribution in [0.25, 0.3) is 10.9 Å². The Morgan fingerprint density at radius 1 is 1.38 bits per heavy atom. The van der Waals surface area contributed by atoms with Gasteiger partial charge in [-0.25, -0.2) is 4.79 Å². The summed E-state index contributed by atoms with van der Waals surface area (Å²) in [5, 5.41) is 15.6. The van der Waals surface area contributed by atoms with Gasteiger partial charge in [0.25, 0.3) is 0 Å². The predicted octanol–water partition coefficient (Wildman–Crippen LogP) is 0.613. The molecule has 0 atom stereocenters. The number of nitrogens with one attached hydrogen (secondary N) is 1. The van der Waals surface area contributed by atoms with Crippen LogP contribution in [0.3, 0.4) is 0 Å². The minimum absolute atomic E-state index is 0. The van der Waals surface area contributed by atoms with Crippen LogP contribution in [0.1, 0.15) is 10.5 Å². The first kappa shape index (κ1) is 10.2. The number of benzene rings is 1. The molecule has 0 amide bonds. The first-order chi connectivity index (χ1) is 5.79. The van der Waals surface area contributed by atoms with Crippen molar-refractivity contribution < 1.29 is 9.90 Å². The number of aromatic carboxylic acids is 1. The molecule has 0 bridgehead atoms. The SMILES string of the molecule is O=C(O)c1n[nH]c2ccccc12.[NaH]. The molecule has 4 nitrogen and oxygen atoms in total. The maximum atomic E-state index is 10.6. The second kappa shape index (κ2) is 3.91. The number of rotatable bonds is 1. The molecule has 1 aromatic carbocycles. The molecular weight excluding hydrogens is 179 g/mol. The van der Waals surface area contributed by atoms with Gasteiger partial charge in [-0.05, 0) is 6.07 Å². The van der Waals surface area contributed by atoms with E-state index in [1.807, 2.05) is 6.07 Å². The van der Waals surface area contributed by atoms with Crippen molar-refractivity contribution in [3.05, 3.63) is 30.0 Å². The van der Waals surface area contributed by atoms with Gasteiger partial charge < -0.3 is 5.11 Å². The van der Waals surface area contributed by atoms with Crippen molar-refractivity contribution >= 4 is 46.4 Å². The van der Waals surface area contributed by atoms with Gasteiger partial charge in [-0.15, -0.1) is 0 Å². The van der Waals surface area contributed by atoms with E-state index in [4.69, 9.17) is 5.11 Å². The summed E-state index contributed by atoms with van der Waals surface area (Å²) >= 11 is 0. The number of carbonyl (C=O) groups is 1. The summed E-state index contributed by atoms with van der Waals surface area (Å²) in [7, 11) is 0. The fourth-order valence-electron chi connectivity index (χ4n) is 1.13. The average molecular weight is 186 g/mol. The summed E-state index contributed by atoms with van der Waals surface area (Å²) in [5.41, 5.74) is 0.820. The van der Waals surface area contributed by atoms with Crippen LogP contribution < -0.4 is 0 Å². The zero-order valence-electron chi connectivity index (χ0n) is 6.11. The fourth-order valence-corrected chi connectivity index (χ4v) is 1.13. The van der Waals surface area contributed by atoms with E-state index in [1.54, 1.807) is 18.2 Å². The molecule has 0 aliphatic heterocycles. The monoisotopic (exact) mass is 186 g/mol. The molecule has 0 aliphatic rings. The molecule has 0 radical (unpaired) electrons. The molecule has 0 saturated heterocycles. The number of H-pyrrole nitrogens is 1. The van der Waals surface area contributed by atoms with Crippen molar-refractivity contribution in [3.8, 4) is 0 Å². The molecular formula is C8H7N2NaO2. The van der Waals surface area contributed by atoms with Crippen LogP contribution in [0.15, 0.2) is 24.3 Å². The van der Waals surface area contributed by atoms with E-state index >= 15 is 0 Å². The molecule has 2 rings (SSSR count). The van der Waals surface area contributed by atoms with E-state index in [0.29, 0.717) is 5.39 Å². The molecule has 0 aliphatic carbocycles. The van der Waals surface area contributed by atoms with Crippen molar-refractivity contribution in [2.45, 2.75) is 0 Å². The molecule has 0 saturated carbocycles. The summed E-state index contributed by atoms with van der Waals surface area (Å²) in [6, 6.07) is 7.12. The van der Waals surface area contributed by atoms with Gasteiger partial charge in [-0.2, -0.15) is 5.10 Å². The number of carboxylic acids is 1. The normalized spacial score (nSPS) is 9.54. The van der Waals surface area contributed by atoms with Gasteiger partial charge in [0.15, 0.2) is 5.69 Å². The van der Waals surface area contributed by atoms with Crippen molar-refractivity contribution in [2.75, 3.05) is 0 Å². The summed E-state index contributed by atoms with van der Waals surface area (Å²) in [4.78, 5) is 10.6. The van der Waals surface area contributed by atoms with Gasteiger partial charge in [0, 0.05) is 5.39 Å². The Balaban J connectivity index is 0.000000845. The second-order valence-electron chi connectivity index (χ2n) is 2.42. The number of fused-ring (bicyclic) bond motifs is 1. The topological polar surface area (TPSA) is 66.0 Å². The molecule has 1 aromatic heterocycles. The number of nitrogens with zero attached hydrogens (tertiary/aromatic N) is 1. The predicted molar refractivity (Wildman–Crippen MR) is 50.2 cm³/mol. The van der Waals surface area contributed by atoms with E-state index in [1.165, 1.54) is 0 Å². The fraction of sp³-hybridized carbons (Fsp3) is 0. The summed E-state index contributed by atoms with van der Waals surface area (Å²) in [5.74, 6) is -1.01. The number of aromatic amines is 1. The van der Waals surface area contributed by atoms with Crippen molar-refractivity contribution in [1.29, 1.82) is 0 Å². The molecule has 62 valence electrons. The third kappa shape index (κ3) is 1.75. The molecule has 0 unspecified atom stereocenters. The summed E-state index contributed by atoms with van der Waals surface area (Å²) in [6.45, 7) is 0. The van der Waals surface area contributed by atoms with E-state index in [0.717, 1.165) is 5.52 Å². The van der Waals surface area contributed by atoms with Gasteiger partial charge in [-0.1, -0.05) is 18.2 Å². The van der Waals surface area contributed by atoms with E-state index in [2.05, 4.69) is 10.2 Å². The van der Waals surface area contributed by atoms with Crippen molar-refractivity contribution in [1.82, 2.24) is 10.2 Å². The van der Waals surface area contributed by atoms with Gasteiger partial charge in [0.05, 0.1) is 5.52 Å². The molecule has 5 heteroatoms. The molecule has 0 fully saturated rings. The average Bonchev–Trinajstić information content (AvgIpc) is 2.47. The van der Waals surface area contributed by atoms with Crippen molar-refractivity contribution in [3.63, 3.8) is 0 Å². The molecule has 1 heterocycles. The van der Waals surface area contributed by atoms with Gasteiger partial charge in [-0.3, -0.25) is 5.10 Å². The number of para-hydroxylation sites is 1. The van der Waals surface area contributed by atoms with Crippen LogP contribution in [0, 0.1) is 0 Å². The van der Waals surface area contributed by atoms with Crippen LogP contribution in [-0.2, 0) is 0 Å². The zero-order valence-corrected chi connectivity index (χ0v) is 6.11. The number of aromatic nitrogens is 2. The van der Waals surface area contributed by atoms with Crippen molar-refractivity contribution in [2.24, 2.45) is 0 Å². The summed E-state index contributed by atoms with van der Waals surface area (Å²) in [6.07, 6.45) is 0. The van der Waals surface area contributed by atoms with Crippen LogP contribution in [0.5, 0.6) is 0 Å². The Kier molecular flexibility index (Phi) is 3.08. The third-order valence-corrected chi connectivity index (χ3v) is 1.67. The minimum atomic E-state index is -1.01. The number of hydrogen-bond donors (Lipinski definition) is 2. The van der Waals surface area contributed by atoms with E-state index in [9.17, 15) is 4.79 Å². The molecule has 13 heavy (non-hydrogen) atoms. The van der Waals surface area contributed by atoms with Crippen LogP contribution in [0.2, 0.25) is 0 Å². The summed E-state index contributed by atoms with van der Waals surface area (Å²) < 4.78 is 0. The van der Waals surface area contributed by atoms with E-state index < -0.39 is 5.97 Å². The first-order valence-corrected chi connectivity index (χ1v) is 3.45. The Morgan fingerprint density at radius 3 is 2.77 bits per heavy atom. The maximum absolute atomic E-state index is 10.6. The first-order valence-electron chi connectivity index (χ1n) is 3.45. The quantitative estimate of drug-likeness (QED) is 0.641. The molecule has 2 N–H and O–H groups in total.